The molecule has 0 saturated carbocycles. The van der Waals surface area contributed by atoms with Crippen molar-refractivity contribution >= 4 is 40.6 Å². The van der Waals surface area contributed by atoms with E-state index in [1.165, 1.54) is 0 Å². The first-order valence-corrected chi connectivity index (χ1v) is 6.82. The summed E-state index contributed by atoms with van der Waals surface area (Å²) in [5.74, 6) is 0. The van der Waals surface area contributed by atoms with Gasteiger partial charge in [-0.3, -0.25) is 0 Å². The quantitative estimate of drug-likeness (QED) is 0.781. The molecule has 0 aliphatic carbocycles. The van der Waals surface area contributed by atoms with Gasteiger partial charge in [0.1, 0.15) is 0 Å². The SMILES string of the molecule is Cc1ccc(Cl)cc1NC(=O)Nc1cccc(Cl)c1C. The molecular weight excluding hydrogens is 295 g/mol. The van der Waals surface area contributed by atoms with Crippen LogP contribution in [0.25, 0.3) is 0 Å². The van der Waals surface area contributed by atoms with E-state index in [0.29, 0.717) is 21.4 Å². The summed E-state index contributed by atoms with van der Waals surface area (Å²) in [6.07, 6.45) is 0. The summed E-state index contributed by atoms with van der Waals surface area (Å²) >= 11 is 11.9. The molecule has 2 N–H and O–H groups in total. The number of hydrogen-bond acceptors (Lipinski definition) is 1. The third kappa shape index (κ3) is 3.44. The predicted molar refractivity (Wildman–Crippen MR) is 85.0 cm³/mol. The molecule has 0 heterocycles. The average molecular weight is 309 g/mol. The monoisotopic (exact) mass is 308 g/mol. The summed E-state index contributed by atoms with van der Waals surface area (Å²) in [4.78, 5) is 12.0. The van der Waals surface area contributed by atoms with Crippen molar-refractivity contribution in [2.75, 3.05) is 10.6 Å². The van der Waals surface area contributed by atoms with E-state index in [4.69, 9.17) is 23.2 Å². The van der Waals surface area contributed by atoms with Gasteiger partial charge in [-0.25, -0.2) is 4.79 Å². The standard InChI is InChI=1S/C15H14Cl2N2O/c1-9-6-7-11(16)8-14(9)19-15(20)18-13-5-3-4-12(17)10(13)2/h3-8H,1-2H3,(H2,18,19,20). The molecule has 2 rings (SSSR count). The number of urea groups is 1. The number of carbonyl (C=O) groups excluding carboxylic acids is 1. The third-order valence-electron chi connectivity index (χ3n) is 2.96. The number of anilines is 2. The van der Waals surface area contributed by atoms with Crippen molar-refractivity contribution in [3.63, 3.8) is 0 Å². The van der Waals surface area contributed by atoms with Gasteiger partial charge < -0.3 is 10.6 Å². The van der Waals surface area contributed by atoms with Crippen LogP contribution in [0, 0.1) is 13.8 Å². The van der Waals surface area contributed by atoms with Gasteiger partial charge in [-0.05, 0) is 49.2 Å². The van der Waals surface area contributed by atoms with E-state index >= 15 is 0 Å². The molecule has 0 atom stereocenters. The third-order valence-corrected chi connectivity index (χ3v) is 3.61. The van der Waals surface area contributed by atoms with Crippen LogP contribution < -0.4 is 10.6 Å². The zero-order valence-electron chi connectivity index (χ0n) is 11.1. The maximum absolute atomic E-state index is 12.0. The van der Waals surface area contributed by atoms with Gasteiger partial charge in [-0.1, -0.05) is 35.3 Å². The van der Waals surface area contributed by atoms with Crippen molar-refractivity contribution in [3.05, 3.63) is 57.6 Å². The molecule has 0 aliphatic rings. The van der Waals surface area contributed by atoms with Gasteiger partial charge in [0.25, 0.3) is 0 Å². The molecule has 5 heteroatoms. The lowest BCUT2D eigenvalue weighted by Gasteiger charge is -2.12. The van der Waals surface area contributed by atoms with Gasteiger partial charge >= 0.3 is 6.03 Å². The Labute approximate surface area is 127 Å². The largest absolute Gasteiger partial charge is 0.323 e. The van der Waals surface area contributed by atoms with Crippen LogP contribution in [-0.2, 0) is 0 Å². The van der Waals surface area contributed by atoms with Gasteiger partial charge in [0.15, 0.2) is 0 Å². The highest BCUT2D eigenvalue weighted by molar-refractivity contribution is 6.32. The average Bonchev–Trinajstić information content (AvgIpc) is 2.39. The second-order valence-corrected chi connectivity index (χ2v) is 5.29. The Morgan fingerprint density at radius 1 is 1.00 bits per heavy atom. The second-order valence-electron chi connectivity index (χ2n) is 4.45. The highest BCUT2D eigenvalue weighted by Crippen LogP contribution is 2.24. The predicted octanol–water partition coefficient (Wildman–Crippen LogP) is 5.25. The van der Waals surface area contributed by atoms with Crippen molar-refractivity contribution in [1.29, 1.82) is 0 Å². The van der Waals surface area contributed by atoms with Gasteiger partial charge in [0.2, 0.25) is 0 Å². The van der Waals surface area contributed by atoms with Crippen molar-refractivity contribution in [2.45, 2.75) is 13.8 Å². The molecule has 0 aliphatic heterocycles. The second kappa shape index (κ2) is 6.16. The Balaban J connectivity index is 2.13. The first-order valence-electron chi connectivity index (χ1n) is 6.06. The molecule has 2 amide bonds. The van der Waals surface area contributed by atoms with Gasteiger partial charge in [0.05, 0.1) is 0 Å². The van der Waals surface area contributed by atoms with Crippen LogP contribution in [-0.4, -0.2) is 6.03 Å². The van der Waals surface area contributed by atoms with Crippen LogP contribution in [0.15, 0.2) is 36.4 Å². The number of benzene rings is 2. The lowest BCUT2D eigenvalue weighted by Crippen LogP contribution is -2.20. The molecule has 3 nitrogen and oxygen atoms in total. The van der Waals surface area contributed by atoms with E-state index in [0.717, 1.165) is 11.1 Å². The van der Waals surface area contributed by atoms with Crippen LogP contribution in [0.3, 0.4) is 0 Å². The molecule has 0 bridgehead atoms. The smallest absolute Gasteiger partial charge is 0.307 e. The Hall–Kier alpha value is -1.71. The highest BCUT2D eigenvalue weighted by Gasteiger charge is 2.08. The van der Waals surface area contributed by atoms with Crippen LogP contribution in [0.2, 0.25) is 10.0 Å². The minimum Gasteiger partial charge on any atom is -0.307 e. The molecule has 2 aromatic rings. The summed E-state index contributed by atoms with van der Waals surface area (Å²) in [6, 6.07) is 10.4. The highest BCUT2D eigenvalue weighted by atomic mass is 35.5. The molecule has 0 radical (unpaired) electrons. The maximum atomic E-state index is 12.0. The number of amides is 2. The zero-order valence-corrected chi connectivity index (χ0v) is 12.6. The van der Waals surface area contributed by atoms with Gasteiger partial charge in [-0.15, -0.1) is 0 Å². The first kappa shape index (κ1) is 14.7. The van der Waals surface area contributed by atoms with E-state index in [-0.39, 0.29) is 6.03 Å². The molecule has 2 aromatic carbocycles. The van der Waals surface area contributed by atoms with E-state index in [1.807, 2.05) is 19.9 Å². The normalized spacial score (nSPS) is 10.2. The zero-order chi connectivity index (χ0) is 14.7. The molecule has 0 aromatic heterocycles. The molecule has 104 valence electrons. The summed E-state index contributed by atoms with van der Waals surface area (Å²) in [7, 11) is 0. The molecule has 0 spiro atoms. The molecule has 0 fully saturated rings. The van der Waals surface area contributed by atoms with Crippen molar-refractivity contribution in [1.82, 2.24) is 0 Å². The Morgan fingerprint density at radius 3 is 2.45 bits per heavy atom. The van der Waals surface area contributed by atoms with Crippen LogP contribution in [0.1, 0.15) is 11.1 Å². The summed E-state index contributed by atoms with van der Waals surface area (Å²) in [5, 5.41) is 6.72. The van der Waals surface area contributed by atoms with Crippen molar-refractivity contribution in [2.24, 2.45) is 0 Å². The minimum absolute atomic E-state index is 0.333. The van der Waals surface area contributed by atoms with Crippen LogP contribution in [0.4, 0.5) is 16.2 Å². The molecule has 0 saturated heterocycles. The van der Waals surface area contributed by atoms with Crippen molar-refractivity contribution < 1.29 is 4.79 Å². The number of hydrogen-bond donors (Lipinski definition) is 2. The van der Waals surface area contributed by atoms with Crippen LogP contribution >= 0.6 is 23.2 Å². The number of aryl methyl sites for hydroxylation is 1. The van der Waals surface area contributed by atoms with E-state index in [1.54, 1.807) is 30.3 Å². The lowest BCUT2D eigenvalue weighted by molar-refractivity contribution is 0.262. The lowest BCUT2D eigenvalue weighted by atomic mass is 10.2. The number of halogens is 2. The van der Waals surface area contributed by atoms with Crippen molar-refractivity contribution in [3.8, 4) is 0 Å². The number of rotatable bonds is 2. The summed E-state index contributed by atoms with van der Waals surface area (Å²) in [5.41, 5.74) is 3.11. The number of nitrogens with one attached hydrogen (secondary N) is 2. The van der Waals surface area contributed by atoms with E-state index < -0.39 is 0 Å². The number of carbonyl (C=O) groups is 1. The summed E-state index contributed by atoms with van der Waals surface area (Å²) < 4.78 is 0. The Morgan fingerprint density at radius 2 is 1.70 bits per heavy atom. The summed E-state index contributed by atoms with van der Waals surface area (Å²) in [6.45, 7) is 3.75. The topological polar surface area (TPSA) is 41.1 Å². The molecule has 20 heavy (non-hydrogen) atoms. The van der Waals surface area contributed by atoms with Gasteiger partial charge in [0, 0.05) is 21.4 Å². The molecular formula is C15H14Cl2N2O. The fourth-order valence-electron chi connectivity index (χ4n) is 1.75. The van der Waals surface area contributed by atoms with E-state index in [9.17, 15) is 4.79 Å². The van der Waals surface area contributed by atoms with E-state index in [2.05, 4.69) is 10.6 Å². The minimum atomic E-state index is -0.333. The maximum Gasteiger partial charge on any atom is 0.323 e. The Kier molecular flexibility index (Phi) is 4.53. The fraction of sp³-hybridized carbons (Fsp3) is 0.133. The molecule has 0 unspecified atom stereocenters. The fourth-order valence-corrected chi connectivity index (χ4v) is 2.09. The van der Waals surface area contributed by atoms with Crippen LogP contribution in [0.5, 0.6) is 0 Å². The van der Waals surface area contributed by atoms with Gasteiger partial charge in [-0.2, -0.15) is 0 Å². The Bertz CT molecular complexity index is 650. The first-order chi connectivity index (χ1) is 9.47.